The highest BCUT2D eigenvalue weighted by Crippen LogP contribution is 2.23. The molecule has 0 fully saturated rings. The molecular formula is C24H26N4O5S. The van der Waals surface area contributed by atoms with Crippen LogP contribution in [0.4, 0.5) is 5.69 Å². The lowest BCUT2D eigenvalue weighted by Crippen LogP contribution is -2.31. The van der Waals surface area contributed by atoms with Crippen LogP contribution in [0.2, 0.25) is 0 Å². The lowest BCUT2D eigenvalue weighted by molar-refractivity contribution is -0.116. The van der Waals surface area contributed by atoms with Crippen molar-refractivity contribution in [3.05, 3.63) is 59.7 Å². The van der Waals surface area contributed by atoms with Crippen LogP contribution in [-0.2, 0) is 14.8 Å². The average molecular weight is 483 g/mol. The minimum absolute atomic E-state index is 0.0308. The maximum atomic E-state index is 12.8. The maximum absolute atomic E-state index is 12.8. The third-order valence-corrected chi connectivity index (χ3v) is 7.10. The fourth-order valence-corrected chi connectivity index (χ4v) is 5.11. The van der Waals surface area contributed by atoms with Gasteiger partial charge in [-0.1, -0.05) is 24.6 Å². The van der Waals surface area contributed by atoms with Crippen molar-refractivity contribution in [2.45, 2.75) is 43.4 Å². The number of nitrogens with one attached hydrogen (secondary N) is 2. The van der Waals surface area contributed by atoms with Crippen LogP contribution in [0.3, 0.4) is 0 Å². The second-order valence-electron chi connectivity index (χ2n) is 8.23. The number of amides is 3. The highest BCUT2D eigenvalue weighted by Gasteiger charge is 2.34. The molecule has 10 heteroatoms. The molecule has 0 unspecified atom stereocenters. The van der Waals surface area contributed by atoms with Crippen LogP contribution >= 0.6 is 0 Å². The van der Waals surface area contributed by atoms with Crippen molar-refractivity contribution >= 4 is 39.3 Å². The molecule has 2 aliphatic heterocycles. The molecule has 0 spiro atoms. The lowest BCUT2D eigenvalue weighted by atomic mass is 10.1. The zero-order valence-electron chi connectivity index (χ0n) is 18.6. The molecule has 2 N–H and O–H groups in total. The first-order valence-electron chi connectivity index (χ1n) is 11.3. The van der Waals surface area contributed by atoms with Crippen LogP contribution < -0.4 is 10.0 Å². The Labute approximate surface area is 198 Å². The SMILES string of the molecule is O=C(CCCN1C(=O)c2ccccc2C1=O)Nc1cccc(S(=O)(=O)NC2=NCCCCC2)c1. The van der Waals surface area contributed by atoms with Gasteiger partial charge in [0.25, 0.3) is 21.8 Å². The molecule has 9 nitrogen and oxygen atoms in total. The van der Waals surface area contributed by atoms with Crippen molar-refractivity contribution in [2.75, 3.05) is 18.4 Å². The van der Waals surface area contributed by atoms with E-state index in [4.69, 9.17) is 0 Å². The second kappa shape index (κ2) is 10.2. The third kappa shape index (κ3) is 5.33. The van der Waals surface area contributed by atoms with E-state index < -0.39 is 10.0 Å². The van der Waals surface area contributed by atoms with Gasteiger partial charge in [-0.15, -0.1) is 0 Å². The molecule has 178 valence electrons. The number of hydrogen-bond donors (Lipinski definition) is 2. The average Bonchev–Trinajstić information content (AvgIpc) is 2.97. The van der Waals surface area contributed by atoms with Crippen molar-refractivity contribution in [1.29, 1.82) is 0 Å². The van der Waals surface area contributed by atoms with Gasteiger partial charge in [-0.2, -0.15) is 0 Å². The summed E-state index contributed by atoms with van der Waals surface area (Å²) >= 11 is 0. The topological polar surface area (TPSA) is 125 Å². The smallest absolute Gasteiger partial charge is 0.262 e. The van der Waals surface area contributed by atoms with Crippen LogP contribution in [0, 0.1) is 0 Å². The Hall–Kier alpha value is -3.53. The number of anilines is 1. The molecule has 0 aliphatic carbocycles. The minimum atomic E-state index is -3.81. The summed E-state index contributed by atoms with van der Waals surface area (Å²) in [6.07, 6.45) is 3.79. The first kappa shape index (κ1) is 23.6. The zero-order valence-corrected chi connectivity index (χ0v) is 19.4. The summed E-state index contributed by atoms with van der Waals surface area (Å²) in [7, 11) is -3.81. The van der Waals surface area contributed by atoms with Gasteiger partial charge >= 0.3 is 0 Å². The van der Waals surface area contributed by atoms with E-state index in [1.165, 1.54) is 12.1 Å². The molecule has 3 amide bonds. The summed E-state index contributed by atoms with van der Waals surface area (Å²) in [5, 5.41) is 2.68. The number of nitrogens with zero attached hydrogens (tertiary/aromatic N) is 2. The monoisotopic (exact) mass is 482 g/mol. The Kier molecular flexibility index (Phi) is 7.06. The van der Waals surface area contributed by atoms with Gasteiger partial charge in [-0.3, -0.25) is 29.0 Å². The van der Waals surface area contributed by atoms with Crippen molar-refractivity contribution < 1.29 is 22.8 Å². The summed E-state index contributed by atoms with van der Waals surface area (Å²) in [5.41, 5.74) is 1.09. The molecular weight excluding hydrogens is 456 g/mol. The maximum Gasteiger partial charge on any atom is 0.262 e. The molecule has 0 atom stereocenters. The van der Waals surface area contributed by atoms with E-state index in [0.717, 1.165) is 24.2 Å². The first-order valence-corrected chi connectivity index (χ1v) is 12.7. The number of hydrogen-bond acceptors (Lipinski definition) is 6. The number of sulfonamides is 1. The molecule has 2 aliphatic rings. The summed E-state index contributed by atoms with van der Waals surface area (Å²) < 4.78 is 28.1. The molecule has 2 aromatic rings. The Bertz CT molecular complexity index is 1220. The van der Waals surface area contributed by atoms with E-state index in [1.807, 2.05) is 0 Å². The van der Waals surface area contributed by atoms with Crippen molar-refractivity contribution in [3.8, 4) is 0 Å². The Morgan fingerprint density at radius 1 is 0.971 bits per heavy atom. The van der Waals surface area contributed by atoms with E-state index in [9.17, 15) is 22.8 Å². The molecule has 0 saturated carbocycles. The fraction of sp³-hybridized carbons (Fsp3) is 0.333. The van der Waals surface area contributed by atoms with Crippen molar-refractivity contribution in [2.24, 2.45) is 4.99 Å². The molecule has 0 saturated heterocycles. The van der Waals surface area contributed by atoms with Gasteiger partial charge in [0.1, 0.15) is 5.84 Å². The van der Waals surface area contributed by atoms with Gasteiger partial charge in [0.15, 0.2) is 0 Å². The predicted molar refractivity (Wildman–Crippen MR) is 127 cm³/mol. The van der Waals surface area contributed by atoms with E-state index in [1.54, 1.807) is 36.4 Å². The van der Waals surface area contributed by atoms with Crippen molar-refractivity contribution in [1.82, 2.24) is 9.62 Å². The normalized spacial score (nSPS) is 16.0. The molecule has 0 aromatic heterocycles. The van der Waals surface area contributed by atoms with E-state index in [0.29, 0.717) is 35.6 Å². The second-order valence-corrected chi connectivity index (χ2v) is 9.91. The van der Waals surface area contributed by atoms with Crippen LogP contribution in [0.15, 0.2) is 58.4 Å². The van der Waals surface area contributed by atoms with E-state index in [-0.39, 0.29) is 42.0 Å². The van der Waals surface area contributed by atoms with Gasteiger partial charge in [0, 0.05) is 31.6 Å². The summed E-state index contributed by atoms with van der Waals surface area (Å²) in [6.45, 7) is 0.731. The predicted octanol–water partition coefficient (Wildman–Crippen LogP) is 2.95. The fourth-order valence-electron chi connectivity index (χ4n) is 3.98. The Morgan fingerprint density at radius 3 is 2.44 bits per heavy atom. The number of aliphatic imine (C=N–C) groups is 1. The molecule has 4 rings (SSSR count). The third-order valence-electron chi connectivity index (χ3n) is 5.72. The van der Waals surface area contributed by atoms with Crippen molar-refractivity contribution in [3.63, 3.8) is 0 Å². The largest absolute Gasteiger partial charge is 0.326 e. The number of fused-ring (bicyclic) bond motifs is 1. The molecule has 2 aromatic carbocycles. The standard InChI is InChI=1S/C24H26N4O5S/c29-22(13-7-15-28-23(30)19-10-3-4-11-20(19)24(28)31)26-17-8-6-9-18(16-17)34(32,33)27-21-12-2-1-5-14-25-21/h3-4,6,8-11,16H,1-2,5,7,12-15H2,(H,25,27)(H,26,29). The number of benzene rings is 2. The van der Waals surface area contributed by atoms with Gasteiger partial charge < -0.3 is 5.32 Å². The highest BCUT2D eigenvalue weighted by atomic mass is 32.2. The Balaban J connectivity index is 1.32. The minimum Gasteiger partial charge on any atom is -0.326 e. The molecule has 0 radical (unpaired) electrons. The summed E-state index contributed by atoms with van der Waals surface area (Å²) in [6, 6.07) is 12.6. The number of rotatable bonds is 7. The van der Waals surface area contributed by atoms with Crippen LogP contribution in [-0.4, -0.2) is 50.0 Å². The highest BCUT2D eigenvalue weighted by molar-refractivity contribution is 7.90. The van der Waals surface area contributed by atoms with Crippen LogP contribution in [0.25, 0.3) is 0 Å². The number of carbonyl (C=O) groups is 3. The summed E-state index contributed by atoms with van der Waals surface area (Å²) in [4.78, 5) is 42.7. The molecule has 34 heavy (non-hydrogen) atoms. The Morgan fingerprint density at radius 2 is 1.71 bits per heavy atom. The number of carbonyl (C=O) groups excluding carboxylic acids is 3. The quantitative estimate of drug-likeness (QED) is 0.587. The number of amidine groups is 1. The van der Waals surface area contributed by atoms with E-state index >= 15 is 0 Å². The van der Waals surface area contributed by atoms with Crippen LogP contribution in [0.5, 0.6) is 0 Å². The van der Waals surface area contributed by atoms with Crippen LogP contribution in [0.1, 0.15) is 59.2 Å². The lowest BCUT2D eigenvalue weighted by Gasteiger charge is -2.14. The van der Waals surface area contributed by atoms with Gasteiger partial charge in [0.2, 0.25) is 5.91 Å². The molecule has 0 bridgehead atoms. The van der Waals surface area contributed by atoms with Gasteiger partial charge in [-0.05, 0) is 49.6 Å². The molecule has 2 heterocycles. The first-order chi connectivity index (χ1) is 16.3. The van der Waals surface area contributed by atoms with Gasteiger partial charge in [0.05, 0.1) is 16.0 Å². The zero-order chi connectivity index (χ0) is 24.1. The summed E-state index contributed by atoms with van der Waals surface area (Å²) in [5.74, 6) is -0.596. The van der Waals surface area contributed by atoms with E-state index in [2.05, 4.69) is 15.0 Å². The van der Waals surface area contributed by atoms with Gasteiger partial charge in [-0.25, -0.2) is 8.42 Å². The number of imide groups is 1.